The summed E-state index contributed by atoms with van der Waals surface area (Å²) in [5, 5.41) is 22.7. The highest BCUT2D eigenvalue weighted by Crippen LogP contribution is 2.30. The number of carbonyl (C=O) groups is 1. The quantitative estimate of drug-likeness (QED) is 0.489. The Kier molecular flexibility index (Phi) is 3.90. The lowest BCUT2D eigenvalue weighted by molar-refractivity contribution is -0.384. The Morgan fingerprint density at radius 3 is 2.61 bits per heavy atom. The van der Waals surface area contributed by atoms with Gasteiger partial charge in [0.2, 0.25) is 5.91 Å². The van der Waals surface area contributed by atoms with Gasteiger partial charge < -0.3 is 10.4 Å². The molecule has 1 amide bonds. The largest absolute Gasteiger partial charge is 0.506 e. The number of hydrogen-bond acceptors (Lipinski definition) is 4. The van der Waals surface area contributed by atoms with E-state index in [4.69, 9.17) is 0 Å². The van der Waals surface area contributed by atoms with Gasteiger partial charge >= 0.3 is 0 Å². The zero-order chi connectivity index (χ0) is 13.9. The maximum atomic E-state index is 11.9. The van der Waals surface area contributed by atoms with Crippen LogP contribution >= 0.6 is 0 Å². The van der Waals surface area contributed by atoms with Crippen molar-refractivity contribution in [2.45, 2.75) is 27.2 Å². The topological polar surface area (TPSA) is 92.5 Å². The lowest BCUT2D eigenvalue weighted by Gasteiger charge is -2.21. The molecule has 0 aliphatic carbocycles. The summed E-state index contributed by atoms with van der Waals surface area (Å²) in [4.78, 5) is 21.9. The molecule has 2 N–H and O–H groups in total. The number of aromatic hydroxyl groups is 1. The van der Waals surface area contributed by atoms with Crippen molar-refractivity contribution in [3.63, 3.8) is 0 Å². The summed E-state index contributed by atoms with van der Waals surface area (Å²) in [7, 11) is 0. The molecule has 0 radical (unpaired) electrons. The molecule has 0 unspecified atom stereocenters. The summed E-state index contributed by atoms with van der Waals surface area (Å²) in [5.74, 6) is -0.485. The molecule has 1 rings (SSSR count). The average molecular weight is 252 g/mol. The maximum absolute atomic E-state index is 11.9. The Bertz CT molecular complexity index is 483. The lowest BCUT2D eigenvalue weighted by Crippen LogP contribution is -2.30. The van der Waals surface area contributed by atoms with Crippen LogP contribution in [0, 0.1) is 15.5 Å². The third-order valence-corrected chi connectivity index (χ3v) is 2.94. The van der Waals surface area contributed by atoms with E-state index in [0.29, 0.717) is 6.42 Å². The van der Waals surface area contributed by atoms with Gasteiger partial charge in [-0.25, -0.2) is 0 Å². The van der Waals surface area contributed by atoms with Crippen LogP contribution in [0.1, 0.15) is 27.2 Å². The molecule has 0 heterocycles. The van der Waals surface area contributed by atoms with Gasteiger partial charge in [0.25, 0.3) is 5.69 Å². The minimum atomic E-state index is -0.600. The highest BCUT2D eigenvalue weighted by Gasteiger charge is 2.26. The molecule has 1 aromatic carbocycles. The molecule has 0 aliphatic heterocycles. The smallest absolute Gasteiger partial charge is 0.271 e. The van der Waals surface area contributed by atoms with Gasteiger partial charge in [-0.15, -0.1) is 0 Å². The average Bonchev–Trinajstić information content (AvgIpc) is 2.31. The van der Waals surface area contributed by atoms with Crippen LogP contribution in [0.25, 0.3) is 0 Å². The number of phenolic OH excluding ortho intramolecular Hbond substituents is 1. The van der Waals surface area contributed by atoms with E-state index in [0.717, 1.165) is 6.07 Å². The van der Waals surface area contributed by atoms with Crippen molar-refractivity contribution in [2.24, 2.45) is 5.41 Å². The number of nitrogens with one attached hydrogen (secondary N) is 1. The summed E-state index contributed by atoms with van der Waals surface area (Å²) >= 11 is 0. The minimum absolute atomic E-state index is 0.0516. The van der Waals surface area contributed by atoms with E-state index in [-0.39, 0.29) is 23.0 Å². The van der Waals surface area contributed by atoms with Gasteiger partial charge in [0.15, 0.2) is 0 Å². The number of nitro benzene ring substituents is 1. The van der Waals surface area contributed by atoms with E-state index in [1.165, 1.54) is 12.1 Å². The minimum Gasteiger partial charge on any atom is -0.506 e. The molecule has 6 nitrogen and oxygen atoms in total. The maximum Gasteiger partial charge on any atom is 0.271 e. The third-order valence-electron chi connectivity index (χ3n) is 2.94. The molecule has 0 spiro atoms. The standard InChI is InChI=1S/C12H16N2O4/c1-4-12(2,3)11(16)13-9-7-8(14(17)18)5-6-10(9)15/h5-7,15H,4H2,1-3H3,(H,13,16). The Balaban J connectivity index is 3.01. The highest BCUT2D eigenvalue weighted by atomic mass is 16.6. The number of non-ortho nitro benzene ring substituents is 1. The van der Waals surface area contributed by atoms with Gasteiger partial charge in [-0.1, -0.05) is 20.8 Å². The lowest BCUT2D eigenvalue weighted by atomic mass is 9.89. The zero-order valence-electron chi connectivity index (χ0n) is 10.6. The highest BCUT2D eigenvalue weighted by molar-refractivity contribution is 5.96. The summed E-state index contributed by atoms with van der Waals surface area (Å²) in [6.45, 7) is 5.39. The van der Waals surface area contributed by atoms with Crippen LogP contribution in [-0.4, -0.2) is 15.9 Å². The molecule has 0 saturated heterocycles. The first kappa shape index (κ1) is 14.0. The fraction of sp³-hybridized carbons (Fsp3) is 0.417. The summed E-state index contributed by atoms with van der Waals surface area (Å²) in [5.41, 5.74) is -0.731. The van der Waals surface area contributed by atoms with E-state index in [2.05, 4.69) is 5.32 Å². The van der Waals surface area contributed by atoms with Gasteiger partial charge in [0, 0.05) is 17.5 Å². The number of benzene rings is 1. The van der Waals surface area contributed by atoms with Crippen LogP contribution in [0.2, 0.25) is 0 Å². The second kappa shape index (κ2) is 5.03. The van der Waals surface area contributed by atoms with Crippen LogP contribution in [-0.2, 0) is 4.79 Å². The number of carbonyl (C=O) groups excluding carboxylic acids is 1. The summed E-state index contributed by atoms with van der Waals surface area (Å²) < 4.78 is 0. The number of phenols is 1. The van der Waals surface area contributed by atoms with Crippen molar-refractivity contribution < 1.29 is 14.8 Å². The molecule has 0 saturated carbocycles. The zero-order valence-corrected chi connectivity index (χ0v) is 10.6. The van der Waals surface area contributed by atoms with Crippen molar-refractivity contribution in [3.8, 4) is 5.75 Å². The number of nitro groups is 1. The second-order valence-electron chi connectivity index (χ2n) is 4.65. The number of nitrogens with zero attached hydrogens (tertiary/aromatic N) is 1. The Labute approximate surface area is 105 Å². The molecule has 0 atom stereocenters. The Hall–Kier alpha value is -2.11. The SMILES string of the molecule is CCC(C)(C)C(=O)Nc1cc([N+](=O)[O-])ccc1O. The molecule has 1 aromatic rings. The van der Waals surface area contributed by atoms with E-state index in [1.54, 1.807) is 13.8 Å². The van der Waals surface area contributed by atoms with Crippen molar-refractivity contribution >= 4 is 17.3 Å². The molecular weight excluding hydrogens is 236 g/mol. The molecule has 18 heavy (non-hydrogen) atoms. The first-order chi connectivity index (χ1) is 8.27. The van der Waals surface area contributed by atoms with E-state index in [9.17, 15) is 20.0 Å². The number of rotatable bonds is 4. The van der Waals surface area contributed by atoms with Gasteiger partial charge in [0.1, 0.15) is 5.75 Å². The summed E-state index contributed by atoms with van der Waals surface area (Å²) in [6.07, 6.45) is 0.620. The van der Waals surface area contributed by atoms with Crippen molar-refractivity contribution in [1.82, 2.24) is 0 Å². The monoisotopic (exact) mass is 252 g/mol. The Morgan fingerprint density at radius 2 is 2.11 bits per heavy atom. The van der Waals surface area contributed by atoms with E-state index < -0.39 is 10.3 Å². The summed E-state index contributed by atoms with van der Waals surface area (Å²) in [6, 6.07) is 3.50. The normalized spacial score (nSPS) is 11.1. The molecule has 0 fully saturated rings. The number of amides is 1. The fourth-order valence-corrected chi connectivity index (χ4v) is 1.19. The number of anilines is 1. The first-order valence-corrected chi connectivity index (χ1v) is 5.57. The van der Waals surface area contributed by atoms with Crippen LogP contribution in [0.15, 0.2) is 18.2 Å². The third kappa shape index (κ3) is 2.97. The molecular formula is C12H16N2O4. The molecule has 0 aromatic heterocycles. The van der Waals surface area contributed by atoms with Gasteiger partial charge in [-0.2, -0.15) is 0 Å². The van der Waals surface area contributed by atoms with Gasteiger partial charge in [-0.3, -0.25) is 14.9 Å². The van der Waals surface area contributed by atoms with Crippen molar-refractivity contribution in [3.05, 3.63) is 28.3 Å². The Morgan fingerprint density at radius 1 is 1.50 bits per heavy atom. The number of hydrogen-bond donors (Lipinski definition) is 2. The van der Waals surface area contributed by atoms with Crippen molar-refractivity contribution in [2.75, 3.05) is 5.32 Å². The van der Waals surface area contributed by atoms with Gasteiger partial charge in [0.05, 0.1) is 10.6 Å². The van der Waals surface area contributed by atoms with Crippen LogP contribution < -0.4 is 5.32 Å². The fourth-order valence-electron chi connectivity index (χ4n) is 1.19. The van der Waals surface area contributed by atoms with E-state index in [1.807, 2.05) is 6.92 Å². The molecule has 0 bridgehead atoms. The predicted octanol–water partition coefficient (Wildman–Crippen LogP) is 2.68. The molecule has 98 valence electrons. The predicted molar refractivity (Wildman–Crippen MR) is 67.5 cm³/mol. The van der Waals surface area contributed by atoms with Crippen molar-refractivity contribution in [1.29, 1.82) is 0 Å². The van der Waals surface area contributed by atoms with Gasteiger partial charge in [-0.05, 0) is 12.5 Å². The van der Waals surface area contributed by atoms with Crippen LogP contribution in [0.5, 0.6) is 5.75 Å². The molecule has 0 aliphatic rings. The van der Waals surface area contributed by atoms with E-state index >= 15 is 0 Å². The first-order valence-electron chi connectivity index (χ1n) is 5.57. The second-order valence-corrected chi connectivity index (χ2v) is 4.65. The van der Waals surface area contributed by atoms with Crippen LogP contribution in [0.4, 0.5) is 11.4 Å². The van der Waals surface area contributed by atoms with Crippen LogP contribution in [0.3, 0.4) is 0 Å². The molecule has 6 heteroatoms.